The molecule has 0 unspecified atom stereocenters. The molecule has 1 aromatic heterocycles. The number of para-hydroxylation sites is 1. The fraction of sp³-hybridized carbons (Fsp3) is 0.250. The van der Waals surface area contributed by atoms with Gasteiger partial charge in [-0.25, -0.2) is 12.8 Å². The van der Waals surface area contributed by atoms with Crippen LogP contribution in [0, 0.1) is 5.82 Å². The monoisotopic (exact) mass is 434 g/mol. The van der Waals surface area contributed by atoms with Gasteiger partial charge in [0, 0.05) is 29.7 Å². The number of hydrogen-bond donors (Lipinski definition) is 1. The van der Waals surface area contributed by atoms with Crippen molar-refractivity contribution >= 4 is 38.7 Å². The number of benzene rings is 2. The minimum absolute atomic E-state index is 0.0468. The standard InChI is InChI=1S/C20H19FN2O4S2/c1-22(29(26,27)15-8-6-13(21)7-9-15)14-10-17-16-4-2-3-5-18(16)23(11-19(24)25)20(17)28-12-14/h2-9,14H,10-12H2,1H3,(H,24,25)/t14-/m0/s1. The number of fused-ring (bicyclic) bond motifs is 3. The van der Waals surface area contributed by atoms with Crippen LogP contribution in [-0.4, -0.2) is 47.2 Å². The lowest BCUT2D eigenvalue weighted by atomic mass is 10.1. The third-order valence-corrected chi connectivity index (χ3v) is 8.39. The molecular formula is C20H19FN2O4S2. The SMILES string of the molecule is CN([C@@H]1CSc2c(c3ccccc3n2CC(=O)O)C1)S(=O)(=O)c1ccc(F)cc1. The predicted molar refractivity (Wildman–Crippen MR) is 109 cm³/mol. The summed E-state index contributed by atoms with van der Waals surface area (Å²) in [5.74, 6) is -0.914. The van der Waals surface area contributed by atoms with Gasteiger partial charge in [0.05, 0.1) is 9.92 Å². The molecule has 4 rings (SSSR count). The van der Waals surface area contributed by atoms with Crippen LogP contribution in [0.25, 0.3) is 10.9 Å². The molecule has 2 heterocycles. The van der Waals surface area contributed by atoms with Crippen molar-refractivity contribution < 1.29 is 22.7 Å². The maximum atomic E-state index is 13.2. The molecule has 9 heteroatoms. The lowest BCUT2D eigenvalue weighted by Gasteiger charge is -2.30. The maximum Gasteiger partial charge on any atom is 0.323 e. The summed E-state index contributed by atoms with van der Waals surface area (Å²) < 4.78 is 42.3. The normalized spacial score (nSPS) is 16.9. The van der Waals surface area contributed by atoms with E-state index < -0.39 is 21.8 Å². The van der Waals surface area contributed by atoms with Crippen molar-refractivity contribution in [2.45, 2.75) is 28.9 Å². The smallest absolute Gasteiger partial charge is 0.323 e. The molecule has 0 bridgehead atoms. The van der Waals surface area contributed by atoms with Crippen molar-refractivity contribution in [3.63, 3.8) is 0 Å². The first-order chi connectivity index (χ1) is 13.8. The highest BCUT2D eigenvalue weighted by Gasteiger charge is 2.34. The highest BCUT2D eigenvalue weighted by Crippen LogP contribution is 2.39. The quantitative estimate of drug-likeness (QED) is 0.667. The van der Waals surface area contributed by atoms with Crippen LogP contribution >= 0.6 is 11.8 Å². The molecule has 2 aromatic carbocycles. The number of carbonyl (C=O) groups is 1. The number of halogens is 1. The number of carboxylic acids is 1. The minimum Gasteiger partial charge on any atom is -0.480 e. The first-order valence-electron chi connectivity index (χ1n) is 8.97. The van der Waals surface area contributed by atoms with E-state index in [4.69, 9.17) is 0 Å². The molecule has 0 saturated heterocycles. The summed E-state index contributed by atoms with van der Waals surface area (Å²) in [6.07, 6.45) is 0.479. The van der Waals surface area contributed by atoms with Crippen LogP contribution < -0.4 is 0 Å². The fourth-order valence-corrected chi connectivity index (χ4v) is 6.50. The Morgan fingerprint density at radius 1 is 1.24 bits per heavy atom. The molecule has 1 N–H and O–H groups in total. The van der Waals surface area contributed by atoms with E-state index in [1.165, 1.54) is 35.2 Å². The Morgan fingerprint density at radius 2 is 1.93 bits per heavy atom. The van der Waals surface area contributed by atoms with Crippen molar-refractivity contribution in [3.8, 4) is 0 Å². The summed E-state index contributed by atoms with van der Waals surface area (Å²) in [5, 5.41) is 11.1. The Bertz CT molecular complexity index is 1190. The molecule has 3 aromatic rings. The predicted octanol–water partition coefficient (Wildman–Crippen LogP) is 3.20. The molecule has 29 heavy (non-hydrogen) atoms. The largest absolute Gasteiger partial charge is 0.480 e. The number of rotatable bonds is 5. The topological polar surface area (TPSA) is 79.6 Å². The fourth-order valence-electron chi connectivity index (χ4n) is 3.68. The zero-order valence-electron chi connectivity index (χ0n) is 15.6. The molecule has 6 nitrogen and oxygen atoms in total. The zero-order valence-corrected chi connectivity index (χ0v) is 17.2. The highest BCUT2D eigenvalue weighted by atomic mass is 32.2. The van der Waals surface area contributed by atoms with Gasteiger partial charge in [-0.3, -0.25) is 4.79 Å². The Labute approximate surface area is 172 Å². The number of sulfonamides is 1. The second-order valence-corrected chi connectivity index (χ2v) is 9.93. The number of carboxylic acid groups (broad SMARTS) is 1. The van der Waals surface area contributed by atoms with Crippen LogP contribution in [-0.2, 0) is 27.8 Å². The maximum absolute atomic E-state index is 13.2. The number of aromatic nitrogens is 1. The van der Waals surface area contributed by atoms with Crippen LogP contribution in [0.4, 0.5) is 4.39 Å². The van der Waals surface area contributed by atoms with E-state index in [0.717, 1.165) is 33.6 Å². The second kappa shape index (κ2) is 7.47. The second-order valence-electron chi connectivity index (χ2n) is 6.92. The molecule has 0 spiro atoms. The summed E-state index contributed by atoms with van der Waals surface area (Å²) >= 11 is 1.47. The Balaban J connectivity index is 1.70. The van der Waals surface area contributed by atoms with Crippen LogP contribution in [0.3, 0.4) is 0 Å². The van der Waals surface area contributed by atoms with Gasteiger partial charge in [0.2, 0.25) is 10.0 Å². The van der Waals surface area contributed by atoms with Crippen LogP contribution in [0.2, 0.25) is 0 Å². The first-order valence-corrected chi connectivity index (χ1v) is 11.4. The number of nitrogens with zero attached hydrogens (tertiary/aromatic N) is 2. The molecule has 1 atom stereocenters. The van der Waals surface area contributed by atoms with Crippen molar-refractivity contribution in [2.75, 3.05) is 12.8 Å². The Morgan fingerprint density at radius 3 is 2.62 bits per heavy atom. The molecule has 0 amide bonds. The van der Waals surface area contributed by atoms with Crippen molar-refractivity contribution in [1.82, 2.24) is 8.87 Å². The van der Waals surface area contributed by atoms with Gasteiger partial charge in [0.25, 0.3) is 0 Å². The van der Waals surface area contributed by atoms with E-state index in [0.29, 0.717) is 12.2 Å². The highest BCUT2D eigenvalue weighted by molar-refractivity contribution is 7.99. The number of thioether (sulfide) groups is 1. The number of likely N-dealkylation sites (N-methyl/N-ethyl adjacent to an activating group) is 1. The summed E-state index contributed by atoms with van der Waals surface area (Å²) in [5.41, 5.74) is 1.79. The van der Waals surface area contributed by atoms with Crippen molar-refractivity contribution in [2.24, 2.45) is 0 Å². The van der Waals surface area contributed by atoms with Gasteiger partial charge in [-0.15, -0.1) is 11.8 Å². The molecule has 0 saturated carbocycles. The van der Waals surface area contributed by atoms with Gasteiger partial charge in [-0.2, -0.15) is 4.31 Å². The molecule has 0 aliphatic carbocycles. The molecule has 1 aliphatic heterocycles. The van der Waals surface area contributed by atoms with Crippen LogP contribution in [0.5, 0.6) is 0 Å². The van der Waals surface area contributed by atoms with Gasteiger partial charge in [-0.05, 0) is 42.3 Å². The lowest BCUT2D eigenvalue weighted by Crippen LogP contribution is -2.41. The molecule has 1 aliphatic rings. The third kappa shape index (κ3) is 3.54. The van der Waals surface area contributed by atoms with Gasteiger partial charge in [0.1, 0.15) is 12.4 Å². The van der Waals surface area contributed by atoms with Crippen molar-refractivity contribution in [1.29, 1.82) is 0 Å². The molecule has 0 fully saturated rings. The average Bonchev–Trinajstić information content (AvgIpc) is 3.00. The summed E-state index contributed by atoms with van der Waals surface area (Å²) in [4.78, 5) is 11.4. The lowest BCUT2D eigenvalue weighted by molar-refractivity contribution is -0.137. The van der Waals surface area contributed by atoms with E-state index in [2.05, 4.69) is 0 Å². The Hall–Kier alpha value is -2.36. The minimum atomic E-state index is -3.77. The number of aliphatic carboxylic acids is 1. The Kier molecular flexibility index (Phi) is 5.14. The molecular weight excluding hydrogens is 415 g/mol. The summed E-state index contributed by atoms with van der Waals surface area (Å²) in [6, 6.07) is 12.1. The van der Waals surface area contributed by atoms with Crippen LogP contribution in [0.15, 0.2) is 58.5 Å². The first kappa shape index (κ1) is 19.9. The van der Waals surface area contributed by atoms with E-state index in [1.807, 2.05) is 24.3 Å². The molecule has 152 valence electrons. The third-order valence-electron chi connectivity index (χ3n) is 5.17. The van der Waals surface area contributed by atoms with E-state index >= 15 is 0 Å². The zero-order chi connectivity index (χ0) is 20.8. The number of hydrogen-bond acceptors (Lipinski definition) is 4. The molecule has 0 radical (unpaired) electrons. The summed E-state index contributed by atoms with van der Waals surface area (Å²) in [6.45, 7) is -0.142. The van der Waals surface area contributed by atoms with Crippen molar-refractivity contribution in [3.05, 3.63) is 59.9 Å². The van der Waals surface area contributed by atoms with Gasteiger partial charge in [0.15, 0.2) is 0 Å². The van der Waals surface area contributed by atoms with E-state index in [1.54, 1.807) is 4.57 Å². The van der Waals surface area contributed by atoms with Crippen LogP contribution in [0.1, 0.15) is 5.56 Å². The summed E-state index contributed by atoms with van der Waals surface area (Å²) in [7, 11) is -2.24. The van der Waals surface area contributed by atoms with E-state index in [9.17, 15) is 22.7 Å². The van der Waals surface area contributed by atoms with Gasteiger partial charge in [-0.1, -0.05) is 18.2 Å². The average molecular weight is 435 g/mol. The van der Waals surface area contributed by atoms with Gasteiger partial charge >= 0.3 is 5.97 Å². The van der Waals surface area contributed by atoms with Gasteiger partial charge < -0.3 is 9.67 Å². The van der Waals surface area contributed by atoms with E-state index in [-0.39, 0.29) is 17.5 Å².